The van der Waals surface area contributed by atoms with Crippen LogP contribution in [0, 0.1) is 0 Å². The van der Waals surface area contributed by atoms with E-state index in [-0.39, 0.29) is 11.1 Å². The third kappa shape index (κ3) is 6.78. The third-order valence-electron chi connectivity index (χ3n) is 2.52. The zero-order valence-electron chi connectivity index (χ0n) is 13.2. The molecule has 2 unspecified atom stereocenters. The molecule has 0 amide bonds. The summed E-state index contributed by atoms with van der Waals surface area (Å²) in [5.41, 5.74) is 0.520. The van der Waals surface area contributed by atoms with Crippen molar-refractivity contribution in [3.05, 3.63) is 36.5 Å². The Bertz CT molecular complexity index is 493. The summed E-state index contributed by atoms with van der Waals surface area (Å²) in [5, 5.41) is 0. The summed E-state index contributed by atoms with van der Waals surface area (Å²) in [7, 11) is 0. The number of ketones is 2. The van der Waals surface area contributed by atoms with Gasteiger partial charge in [-0.25, -0.2) is 9.59 Å². The highest BCUT2D eigenvalue weighted by Gasteiger charge is 2.18. The van der Waals surface area contributed by atoms with E-state index in [4.69, 9.17) is 9.47 Å². The summed E-state index contributed by atoms with van der Waals surface area (Å²) in [6.07, 6.45) is -0.338. The van der Waals surface area contributed by atoms with Gasteiger partial charge in [0, 0.05) is 12.2 Å². The smallest absolute Gasteiger partial charge is 0.331 e. The van der Waals surface area contributed by atoms with Gasteiger partial charge in [-0.05, 0) is 38.8 Å². The Morgan fingerprint density at radius 3 is 1.27 bits per heavy atom. The molecule has 0 aliphatic carbocycles. The van der Waals surface area contributed by atoms with Crippen LogP contribution in [0.5, 0.6) is 0 Å². The predicted molar refractivity (Wildman–Crippen MR) is 79.9 cm³/mol. The zero-order chi connectivity index (χ0) is 17.4. The maximum Gasteiger partial charge on any atom is 0.331 e. The van der Waals surface area contributed by atoms with Crippen molar-refractivity contribution in [1.82, 2.24) is 0 Å². The number of Topliss-reactive ketones (excluding diaryl/α,β-unsaturated/α-hetero) is 2. The van der Waals surface area contributed by atoms with E-state index in [9.17, 15) is 19.2 Å². The van der Waals surface area contributed by atoms with Gasteiger partial charge in [0.2, 0.25) is 0 Å². The second kappa shape index (κ2) is 8.71. The molecule has 0 rings (SSSR count). The van der Waals surface area contributed by atoms with Crippen molar-refractivity contribution in [3.63, 3.8) is 0 Å². The molecule has 0 radical (unpaired) electrons. The van der Waals surface area contributed by atoms with Crippen LogP contribution in [0.1, 0.15) is 27.7 Å². The van der Waals surface area contributed by atoms with E-state index in [0.29, 0.717) is 0 Å². The second-order valence-electron chi connectivity index (χ2n) is 4.78. The molecule has 0 saturated carbocycles. The lowest BCUT2D eigenvalue weighted by atomic mass is 10.1. The van der Waals surface area contributed by atoms with Gasteiger partial charge in [-0.3, -0.25) is 9.59 Å². The average molecular weight is 308 g/mol. The van der Waals surface area contributed by atoms with Gasteiger partial charge in [0.15, 0.2) is 23.8 Å². The van der Waals surface area contributed by atoms with Gasteiger partial charge in [0.05, 0.1) is 0 Å². The topological polar surface area (TPSA) is 86.7 Å². The maximum absolute atomic E-state index is 11.5. The van der Waals surface area contributed by atoms with E-state index in [0.717, 1.165) is 12.2 Å². The molecule has 0 N–H and O–H groups in total. The number of hydrogen-bond donors (Lipinski definition) is 0. The number of carbonyl (C=O) groups excluding carboxylic acids is 4. The van der Waals surface area contributed by atoms with Gasteiger partial charge in [0.25, 0.3) is 0 Å². The Morgan fingerprint density at radius 2 is 1.05 bits per heavy atom. The van der Waals surface area contributed by atoms with Crippen LogP contribution in [0.4, 0.5) is 0 Å². The molecule has 6 heteroatoms. The van der Waals surface area contributed by atoms with Crippen molar-refractivity contribution < 1.29 is 28.7 Å². The fraction of sp³-hybridized carbons (Fsp3) is 0.375. The van der Waals surface area contributed by atoms with Gasteiger partial charge in [0.1, 0.15) is 0 Å². The minimum atomic E-state index is -0.991. The summed E-state index contributed by atoms with van der Waals surface area (Å²) < 4.78 is 9.58. The summed E-state index contributed by atoms with van der Waals surface area (Å²) in [4.78, 5) is 45.8. The minimum Gasteiger partial charge on any atom is -0.451 e. The molecule has 0 bridgehead atoms. The van der Waals surface area contributed by atoms with E-state index in [2.05, 4.69) is 13.2 Å². The third-order valence-corrected chi connectivity index (χ3v) is 2.52. The van der Waals surface area contributed by atoms with Crippen molar-refractivity contribution in [2.75, 3.05) is 0 Å². The van der Waals surface area contributed by atoms with Crippen LogP contribution in [-0.2, 0) is 28.7 Å². The van der Waals surface area contributed by atoms with Gasteiger partial charge in [-0.15, -0.1) is 0 Å². The molecule has 22 heavy (non-hydrogen) atoms. The molecule has 0 heterocycles. The molecule has 120 valence electrons. The van der Waals surface area contributed by atoms with Gasteiger partial charge in [-0.2, -0.15) is 0 Å². The lowest BCUT2D eigenvalue weighted by Crippen LogP contribution is -2.25. The first-order chi connectivity index (χ1) is 10.1. The molecule has 0 saturated heterocycles. The van der Waals surface area contributed by atoms with Gasteiger partial charge in [-0.1, -0.05) is 13.2 Å². The quantitative estimate of drug-likeness (QED) is 0.501. The molecular formula is C16H20O6. The number of carbonyl (C=O) groups is 4. The van der Waals surface area contributed by atoms with Crippen molar-refractivity contribution >= 4 is 23.5 Å². The fourth-order valence-electron chi connectivity index (χ4n) is 1.36. The summed E-state index contributed by atoms with van der Waals surface area (Å²) in [6, 6.07) is 0. The Balaban J connectivity index is 4.47. The van der Waals surface area contributed by atoms with Crippen LogP contribution < -0.4 is 0 Å². The van der Waals surface area contributed by atoms with Gasteiger partial charge < -0.3 is 9.47 Å². The fourth-order valence-corrected chi connectivity index (χ4v) is 1.36. The van der Waals surface area contributed by atoms with Crippen LogP contribution >= 0.6 is 0 Å². The molecule has 2 atom stereocenters. The number of rotatable bonds is 8. The van der Waals surface area contributed by atoms with Crippen LogP contribution in [0.25, 0.3) is 0 Å². The molecule has 0 aliphatic heterocycles. The molecule has 0 aromatic heterocycles. The first-order valence-corrected chi connectivity index (χ1v) is 6.55. The summed E-state index contributed by atoms with van der Waals surface area (Å²) in [5.74, 6) is -2.58. The average Bonchev–Trinajstić information content (AvgIpc) is 2.42. The zero-order valence-corrected chi connectivity index (χ0v) is 13.2. The highest BCUT2D eigenvalue weighted by molar-refractivity contribution is 6.01. The molecular weight excluding hydrogens is 288 g/mol. The molecule has 0 spiro atoms. The van der Waals surface area contributed by atoms with Crippen LogP contribution in [-0.4, -0.2) is 35.7 Å². The van der Waals surface area contributed by atoms with Crippen molar-refractivity contribution in [2.45, 2.75) is 39.9 Å². The first-order valence-electron chi connectivity index (χ1n) is 6.55. The molecule has 0 fully saturated rings. The highest BCUT2D eigenvalue weighted by atomic mass is 16.6. The van der Waals surface area contributed by atoms with Crippen LogP contribution in [0.15, 0.2) is 36.5 Å². The highest BCUT2D eigenvalue weighted by Crippen LogP contribution is 2.03. The standard InChI is InChI=1S/C16H20O6/c1-9(2)15(19)11(5)21-13(17)7-8-14(18)22-12(6)16(20)10(3)4/h7-8,11-12H,1,3H2,2,4-6H3/b8-7+. The SMILES string of the molecule is C=C(C)C(=O)C(C)OC(=O)/C=C/C(=O)OC(C)C(=O)C(=C)C. The molecule has 0 aromatic rings. The van der Waals surface area contributed by atoms with E-state index < -0.39 is 35.7 Å². The number of hydrogen-bond acceptors (Lipinski definition) is 6. The molecule has 0 aliphatic rings. The first kappa shape index (κ1) is 19.5. The lowest BCUT2D eigenvalue weighted by Gasteiger charge is -2.11. The van der Waals surface area contributed by atoms with Crippen LogP contribution in [0.2, 0.25) is 0 Å². The van der Waals surface area contributed by atoms with E-state index in [1.807, 2.05) is 0 Å². The van der Waals surface area contributed by atoms with Crippen molar-refractivity contribution in [2.24, 2.45) is 0 Å². The normalized spacial score (nSPS) is 13.1. The van der Waals surface area contributed by atoms with Crippen molar-refractivity contribution in [3.8, 4) is 0 Å². The van der Waals surface area contributed by atoms with E-state index in [1.165, 1.54) is 27.7 Å². The second-order valence-corrected chi connectivity index (χ2v) is 4.78. The Kier molecular flexibility index (Phi) is 7.72. The maximum atomic E-state index is 11.5. The molecule has 0 aromatic carbocycles. The largest absolute Gasteiger partial charge is 0.451 e. The predicted octanol–water partition coefficient (Wildman–Crippen LogP) is 1.70. The summed E-state index contributed by atoms with van der Waals surface area (Å²) in [6.45, 7) is 12.7. The number of ether oxygens (including phenoxy) is 2. The molecule has 6 nitrogen and oxygen atoms in total. The Labute approximate surface area is 129 Å². The van der Waals surface area contributed by atoms with Crippen LogP contribution in [0.3, 0.4) is 0 Å². The number of esters is 2. The summed E-state index contributed by atoms with van der Waals surface area (Å²) >= 11 is 0. The van der Waals surface area contributed by atoms with Gasteiger partial charge >= 0.3 is 11.9 Å². The van der Waals surface area contributed by atoms with E-state index in [1.54, 1.807) is 0 Å². The monoisotopic (exact) mass is 308 g/mol. The van der Waals surface area contributed by atoms with Crippen molar-refractivity contribution in [1.29, 1.82) is 0 Å². The Morgan fingerprint density at radius 1 is 0.773 bits per heavy atom. The van der Waals surface area contributed by atoms with E-state index >= 15 is 0 Å². The minimum absolute atomic E-state index is 0.260. The Hall–Kier alpha value is -2.50. The lowest BCUT2D eigenvalue weighted by molar-refractivity contribution is -0.149.